The van der Waals surface area contributed by atoms with Crippen LogP contribution in [-0.4, -0.2) is 9.78 Å². The van der Waals surface area contributed by atoms with Crippen LogP contribution in [0.5, 0.6) is 0 Å². The van der Waals surface area contributed by atoms with Gasteiger partial charge in [0, 0.05) is 18.8 Å². The highest BCUT2D eigenvalue weighted by molar-refractivity contribution is 5.38. The molecule has 2 rings (SSSR count). The molecule has 0 aliphatic heterocycles. The molecule has 1 heterocycles. The zero-order chi connectivity index (χ0) is 10.8. The number of nitrogen functional groups attached to an aromatic ring is 1. The molecule has 2 aromatic rings. The fourth-order valence-corrected chi connectivity index (χ4v) is 1.34. The van der Waals surface area contributed by atoms with E-state index in [0.29, 0.717) is 18.1 Å². The van der Waals surface area contributed by atoms with Crippen LogP contribution >= 0.6 is 0 Å². The van der Waals surface area contributed by atoms with Crippen molar-refractivity contribution in [3.8, 4) is 5.69 Å². The van der Waals surface area contributed by atoms with E-state index in [4.69, 9.17) is 11.5 Å². The fourth-order valence-electron chi connectivity index (χ4n) is 1.34. The van der Waals surface area contributed by atoms with E-state index in [1.54, 1.807) is 24.4 Å². The molecule has 4 nitrogen and oxygen atoms in total. The van der Waals surface area contributed by atoms with Crippen LogP contribution in [0.3, 0.4) is 0 Å². The van der Waals surface area contributed by atoms with Crippen molar-refractivity contribution in [1.29, 1.82) is 0 Å². The highest BCUT2D eigenvalue weighted by Gasteiger charge is 2.06. The Hall–Kier alpha value is -1.88. The first-order valence-electron chi connectivity index (χ1n) is 4.50. The average Bonchev–Trinajstić information content (AvgIpc) is 2.64. The quantitative estimate of drug-likeness (QED) is 0.771. The van der Waals surface area contributed by atoms with Crippen molar-refractivity contribution in [3.63, 3.8) is 0 Å². The number of rotatable bonds is 2. The lowest BCUT2D eigenvalue weighted by Crippen LogP contribution is -2.02. The molecule has 0 atom stereocenters. The second-order valence-corrected chi connectivity index (χ2v) is 3.18. The van der Waals surface area contributed by atoms with E-state index < -0.39 is 0 Å². The van der Waals surface area contributed by atoms with E-state index in [1.165, 1.54) is 10.7 Å². The third-order valence-corrected chi connectivity index (χ3v) is 2.10. The zero-order valence-corrected chi connectivity index (χ0v) is 8.02. The monoisotopic (exact) mass is 206 g/mol. The largest absolute Gasteiger partial charge is 0.382 e. The van der Waals surface area contributed by atoms with Crippen LogP contribution in [0.25, 0.3) is 5.69 Å². The molecule has 0 aliphatic carbocycles. The third-order valence-electron chi connectivity index (χ3n) is 2.10. The summed E-state index contributed by atoms with van der Waals surface area (Å²) in [6, 6.07) is 6.39. The van der Waals surface area contributed by atoms with Gasteiger partial charge in [0.25, 0.3) is 0 Å². The zero-order valence-electron chi connectivity index (χ0n) is 8.02. The lowest BCUT2D eigenvalue weighted by atomic mass is 10.2. The van der Waals surface area contributed by atoms with Gasteiger partial charge in [-0.2, -0.15) is 5.10 Å². The molecule has 5 heteroatoms. The van der Waals surface area contributed by atoms with E-state index >= 15 is 0 Å². The van der Waals surface area contributed by atoms with Crippen molar-refractivity contribution in [2.45, 2.75) is 6.54 Å². The number of halogens is 1. The Labute approximate surface area is 86.3 Å². The van der Waals surface area contributed by atoms with Crippen molar-refractivity contribution in [2.75, 3.05) is 5.73 Å². The van der Waals surface area contributed by atoms with Gasteiger partial charge in [0.1, 0.15) is 17.3 Å². The normalized spacial score (nSPS) is 10.5. The van der Waals surface area contributed by atoms with Gasteiger partial charge < -0.3 is 11.5 Å². The molecule has 0 radical (unpaired) electrons. The Morgan fingerprint density at radius 1 is 1.33 bits per heavy atom. The smallest absolute Gasteiger partial charge is 0.149 e. The highest BCUT2D eigenvalue weighted by Crippen LogP contribution is 2.15. The molecule has 0 unspecified atom stereocenters. The van der Waals surface area contributed by atoms with E-state index in [2.05, 4.69) is 5.10 Å². The first kappa shape index (κ1) is 9.67. The lowest BCUT2D eigenvalue weighted by Gasteiger charge is -2.04. The summed E-state index contributed by atoms with van der Waals surface area (Å²) >= 11 is 0. The molecule has 0 spiro atoms. The predicted octanol–water partition coefficient (Wildman–Crippen LogP) is 1.05. The maximum Gasteiger partial charge on any atom is 0.149 e. The Balaban J connectivity index is 2.45. The van der Waals surface area contributed by atoms with Crippen LogP contribution in [0.2, 0.25) is 0 Å². The summed E-state index contributed by atoms with van der Waals surface area (Å²) in [5.74, 6) is -0.00153. The van der Waals surface area contributed by atoms with E-state index in [1.807, 2.05) is 0 Å². The maximum atomic E-state index is 13.6. The fraction of sp³-hybridized carbons (Fsp3) is 0.100. The number of hydrogen-bond donors (Lipinski definition) is 2. The number of nitrogens with two attached hydrogens (primary N) is 2. The van der Waals surface area contributed by atoms with Crippen LogP contribution in [0.1, 0.15) is 5.56 Å². The van der Waals surface area contributed by atoms with Crippen molar-refractivity contribution in [3.05, 3.63) is 41.8 Å². The summed E-state index contributed by atoms with van der Waals surface area (Å²) in [5.41, 5.74) is 12.0. The van der Waals surface area contributed by atoms with Gasteiger partial charge in [0.15, 0.2) is 0 Å². The van der Waals surface area contributed by atoms with Crippen LogP contribution in [0.15, 0.2) is 30.5 Å². The second kappa shape index (κ2) is 3.70. The summed E-state index contributed by atoms with van der Waals surface area (Å²) in [4.78, 5) is 0. The van der Waals surface area contributed by atoms with Gasteiger partial charge in [-0.25, -0.2) is 9.07 Å². The third kappa shape index (κ3) is 1.82. The van der Waals surface area contributed by atoms with Crippen LogP contribution < -0.4 is 11.5 Å². The van der Waals surface area contributed by atoms with Gasteiger partial charge in [-0.05, 0) is 17.7 Å². The molecule has 1 aromatic carbocycles. The molecule has 0 amide bonds. The molecular formula is C10H11FN4. The standard InChI is InChI=1S/C10H11FN4/c11-8-5-7(6-12)1-2-9(8)15-4-3-10(13)14-15/h1-5H,6,12H2,(H2,13,14). The van der Waals surface area contributed by atoms with Crippen molar-refractivity contribution in [2.24, 2.45) is 5.73 Å². The van der Waals surface area contributed by atoms with Crippen LogP contribution in [0, 0.1) is 5.82 Å². The molecule has 0 bridgehead atoms. The molecule has 0 fully saturated rings. The molecule has 4 N–H and O–H groups in total. The van der Waals surface area contributed by atoms with Crippen molar-refractivity contribution < 1.29 is 4.39 Å². The summed E-state index contributed by atoms with van der Waals surface area (Å²) in [6.45, 7) is 0.318. The van der Waals surface area contributed by atoms with Gasteiger partial charge in [-0.3, -0.25) is 0 Å². The minimum atomic E-state index is -0.360. The molecule has 0 aliphatic rings. The van der Waals surface area contributed by atoms with E-state index in [0.717, 1.165) is 5.56 Å². The summed E-state index contributed by atoms with van der Waals surface area (Å²) < 4.78 is 15.0. The molecule has 1 aromatic heterocycles. The minimum absolute atomic E-state index is 0.318. The van der Waals surface area contributed by atoms with Crippen molar-refractivity contribution in [1.82, 2.24) is 9.78 Å². The van der Waals surface area contributed by atoms with Crippen LogP contribution in [0.4, 0.5) is 10.2 Å². The highest BCUT2D eigenvalue weighted by atomic mass is 19.1. The van der Waals surface area contributed by atoms with Gasteiger partial charge in [0.05, 0.1) is 0 Å². The SMILES string of the molecule is NCc1ccc(-n2ccc(N)n2)c(F)c1. The molecule has 0 saturated heterocycles. The Morgan fingerprint density at radius 2 is 2.13 bits per heavy atom. The van der Waals surface area contributed by atoms with Gasteiger partial charge in [-0.1, -0.05) is 6.07 Å². The number of nitrogens with zero attached hydrogens (tertiary/aromatic N) is 2. The first-order chi connectivity index (χ1) is 7.20. The Bertz CT molecular complexity index is 478. The number of anilines is 1. The van der Waals surface area contributed by atoms with E-state index in [-0.39, 0.29) is 5.82 Å². The molecule has 15 heavy (non-hydrogen) atoms. The summed E-state index contributed by atoms with van der Waals surface area (Å²) in [7, 11) is 0. The Morgan fingerprint density at radius 3 is 2.67 bits per heavy atom. The van der Waals surface area contributed by atoms with Gasteiger partial charge in [0.2, 0.25) is 0 Å². The van der Waals surface area contributed by atoms with Gasteiger partial charge >= 0.3 is 0 Å². The number of hydrogen-bond acceptors (Lipinski definition) is 3. The lowest BCUT2D eigenvalue weighted by molar-refractivity contribution is 0.609. The number of benzene rings is 1. The topological polar surface area (TPSA) is 69.9 Å². The Kier molecular flexibility index (Phi) is 2.39. The first-order valence-corrected chi connectivity index (χ1v) is 4.50. The molecule has 78 valence electrons. The predicted molar refractivity (Wildman–Crippen MR) is 55.8 cm³/mol. The maximum absolute atomic E-state index is 13.6. The van der Waals surface area contributed by atoms with E-state index in [9.17, 15) is 4.39 Å². The average molecular weight is 206 g/mol. The second-order valence-electron chi connectivity index (χ2n) is 3.18. The minimum Gasteiger partial charge on any atom is -0.382 e. The van der Waals surface area contributed by atoms with Gasteiger partial charge in [-0.15, -0.1) is 0 Å². The number of aromatic nitrogens is 2. The summed E-state index contributed by atoms with van der Waals surface area (Å²) in [5, 5.41) is 3.92. The molecular weight excluding hydrogens is 195 g/mol. The van der Waals surface area contributed by atoms with Crippen LogP contribution in [-0.2, 0) is 6.54 Å². The summed E-state index contributed by atoms with van der Waals surface area (Å²) in [6.07, 6.45) is 1.61. The van der Waals surface area contributed by atoms with Crippen molar-refractivity contribution >= 4 is 5.82 Å². The molecule has 0 saturated carbocycles.